The van der Waals surface area contributed by atoms with Crippen molar-refractivity contribution >= 4 is 28.2 Å². The summed E-state index contributed by atoms with van der Waals surface area (Å²) < 4.78 is 6.39. The zero-order valence-corrected chi connectivity index (χ0v) is 12.8. The van der Waals surface area contributed by atoms with Crippen molar-refractivity contribution in [3.05, 3.63) is 58.0 Å². The quantitative estimate of drug-likeness (QED) is 0.615. The number of benzene rings is 2. The fourth-order valence-corrected chi connectivity index (χ4v) is 2.64. The lowest BCUT2D eigenvalue weighted by atomic mass is 10.2. The van der Waals surface area contributed by atoms with Crippen molar-refractivity contribution in [1.29, 1.82) is 0 Å². The van der Waals surface area contributed by atoms with Gasteiger partial charge in [-0.15, -0.1) is 5.10 Å². The standard InChI is InChI=1S/C16H11ClN4O2/c1-23-11-5-2-9(3-6-11)14-19-15-12-8-10(17)4-7-13(12)18-16(22)21(15)20-14/h2-8H,1H3,(H,18,22). The van der Waals surface area contributed by atoms with Gasteiger partial charge in [0.05, 0.1) is 12.6 Å². The van der Waals surface area contributed by atoms with Crippen LogP contribution in [-0.4, -0.2) is 26.7 Å². The van der Waals surface area contributed by atoms with E-state index in [4.69, 9.17) is 16.3 Å². The van der Waals surface area contributed by atoms with Gasteiger partial charge in [-0.25, -0.2) is 9.78 Å². The van der Waals surface area contributed by atoms with Crippen LogP contribution >= 0.6 is 11.6 Å². The lowest BCUT2D eigenvalue weighted by molar-refractivity contribution is 0.415. The summed E-state index contributed by atoms with van der Waals surface area (Å²) in [5.41, 5.74) is 1.59. The molecule has 0 amide bonds. The second kappa shape index (κ2) is 5.10. The van der Waals surface area contributed by atoms with Crippen molar-refractivity contribution < 1.29 is 4.74 Å². The van der Waals surface area contributed by atoms with E-state index in [1.807, 2.05) is 24.3 Å². The Morgan fingerprint density at radius 2 is 1.96 bits per heavy atom. The summed E-state index contributed by atoms with van der Waals surface area (Å²) in [6.07, 6.45) is 0. The van der Waals surface area contributed by atoms with Gasteiger partial charge in [-0.3, -0.25) is 0 Å². The maximum absolute atomic E-state index is 12.2. The molecule has 2 heterocycles. The van der Waals surface area contributed by atoms with Gasteiger partial charge in [0.1, 0.15) is 5.75 Å². The van der Waals surface area contributed by atoms with Gasteiger partial charge >= 0.3 is 5.69 Å². The van der Waals surface area contributed by atoms with Crippen LogP contribution in [0.3, 0.4) is 0 Å². The minimum absolute atomic E-state index is 0.345. The summed E-state index contributed by atoms with van der Waals surface area (Å²) in [5.74, 6) is 1.21. The van der Waals surface area contributed by atoms with Crippen LogP contribution < -0.4 is 10.4 Å². The zero-order valence-electron chi connectivity index (χ0n) is 12.1. The van der Waals surface area contributed by atoms with Crippen LogP contribution in [0.5, 0.6) is 5.75 Å². The number of nitrogens with zero attached hydrogens (tertiary/aromatic N) is 3. The Bertz CT molecular complexity index is 1080. The smallest absolute Gasteiger partial charge is 0.348 e. The molecule has 0 fully saturated rings. The van der Waals surface area contributed by atoms with E-state index in [2.05, 4.69) is 15.1 Å². The minimum Gasteiger partial charge on any atom is -0.497 e. The zero-order chi connectivity index (χ0) is 16.0. The number of ether oxygens (including phenoxy) is 1. The first-order chi connectivity index (χ1) is 11.2. The molecule has 2 aromatic heterocycles. The molecule has 114 valence electrons. The number of hydrogen-bond donors (Lipinski definition) is 1. The predicted molar refractivity (Wildman–Crippen MR) is 88.1 cm³/mol. The van der Waals surface area contributed by atoms with Crippen LogP contribution in [0.4, 0.5) is 0 Å². The van der Waals surface area contributed by atoms with Gasteiger partial charge in [0.15, 0.2) is 11.5 Å². The predicted octanol–water partition coefficient (Wildman–Crippen LogP) is 2.90. The van der Waals surface area contributed by atoms with Crippen LogP contribution in [0, 0.1) is 0 Å². The van der Waals surface area contributed by atoms with Crippen LogP contribution in [-0.2, 0) is 0 Å². The van der Waals surface area contributed by atoms with Crippen molar-refractivity contribution in [2.24, 2.45) is 0 Å². The van der Waals surface area contributed by atoms with E-state index in [0.29, 0.717) is 22.0 Å². The van der Waals surface area contributed by atoms with E-state index in [1.165, 1.54) is 4.52 Å². The summed E-state index contributed by atoms with van der Waals surface area (Å²) in [5, 5.41) is 5.61. The Hall–Kier alpha value is -2.86. The van der Waals surface area contributed by atoms with Gasteiger partial charge in [0.2, 0.25) is 0 Å². The molecule has 0 saturated heterocycles. The third-order valence-corrected chi connectivity index (χ3v) is 3.85. The first-order valence-electron chi connectivity index (χ1n) is 6.88. The average Bonchev–Trinajstić information content (AvgIpc) is 3.02. The molecule has 1 N–H and O–H groups in total. The van der Waals surface area contributed by atoms with E-state index in [9.17, 15) is 4.79 Å². The number of methoxy groups -OCH3 is 1. The van der Waals surface area contributed by atoms with Crippen molar-refractivity contribution in [3.63, 3.8) is 0 Å². The first-order valence-corrected chi connectivity index (χ1v) is 7.26. The summed E-state index contributed by atoms with van der Waals surface area (Å²) >= 11 is 6.05. The molecule has 0 radical (unpaired) electrons. The number of fused-ring (bicyclic) bond motifs is 3. The average molecular weight is 327 g/mol. The monoisotopic (exact) mass is 326 g/mol. The van der Waals surface area contributed by atoms with E-state index in [-0.39, 0.29) is 5.69 Å². The highest BCUT2D eigenvalue weighted by Crippen LogP contribution is 2.23. The van der Waals surface area contributed by atoms with Gasteiger partial charge in [-0.1, -0.05) is 11.6 Å². The molecule has 0 atom stereocenters. The van der Waals surface area contributed by atoms with E-state index < -0.39 is 0 Å². The number of halogens is 1. The van der Waals surface area contributed by atoms with Gasteiger partial charge in [0.25, 0.3) is 0 Å². The maximum atomic E-state index is 12.2. The number of rotatable bonds is 2. The van der Waals surface area contributed by atoms with Crippen molar-refractivity contribution in [3.8, 4) is 17.1 Å². The molecule has 0 spiro atoms. The van der Waals surface area contributed by atoms with Gasteiger partial charge in [-0.05, 0) is 42.5 Å². The molecule has 4 rings (SSSR count). The largest absolute Gasteiger partial charge is 0.497 e. The van der Waals surface area contributed by atoms with Crippen LogP contribution in [0.2, 0.25) is 5.02 Å². The molecule has 6 nitrogen and oxygen atoms in total. The minimum atomic E-state index is -0.345. The van der Waals surface area contributed by atoms with Gasteiger partial charge in [0, 0.05) is 16.0 Å². The fraction of sp³-hybridized carbons (Fsp3) is 0.0625. The van der Waals surface area contributed by atoms with Crippen LogP contribution in [0.25, 0.3) is 27.9 Å². The van der Waals surface area contributed by atoms with Crippen LogP contribution in [0.1, 0.15) is 0 Å². The van der Waals surface area contributed by atoms with Crippen molar-refractivity contribution in [1.82, 2.24) is 19.6 Å². The Labute approximate surface area is 135 Å². The Morgan fingerprint density at radius 1 is 1.17 bits per heavy atom. The lowest BCUT2D eigenvalue weighted by Gasteiger charge is -1.99. The Morgan fingerprint density at radius 3 is 2.70 bits per heavy atom. The van der Waals surface area contributed by atoms with Crippen molar-refractivity contribution in [2.45, 2.75) is 0 Å². The number of H-pyrrole nitrogens is 1. The molecule has 0 aliphatic rings. The van der Waals surface area contributed by atoms with Gasteiger partial charge < -0.3 is 9.72 Å². The topological polar surface area (TPSA) is 72.3 Å². The second-order valence-corrected chi connectivity index (χ2v) is 5.46. The normalized spacial score (nSPS) is 11.2. The number of aromatic nitrogens is 4. The van der Waals surface area contributed by atoms with E-state index in [1.54, 1.807) is 25.3 Å². The Balaban J connectivity index is 1.99. The summed E-state index contributed by atoms with van der Waals surface area (Å²) in [7, 11) is 1.60. The molecule has 7 heteroatoms. The molecule has 4 aromatic rings. The molecule has 0 aliphatic carbocycles. The molecular weight excluding hydrogens is 316 g/mol. The number of nitrogens with one attached hydrogen (secondary N) is 1. The first kappa shape index (κ1) is 13.8. The lowest BCUT2D eigenvalue weighted by Crippen LogP contribution is -2.17. The van der Waals surface area contributed by atoms with Crippen molar-refractivity contribution in [2.75, 3.05) is 7.11 Å². The third-order valence-electron chi connectivity index (χ3n) is 3.61. The molecule has 0 saturated carbocycles. The summed E-state index contributed by atoms with van der Waals surface area (Å²) in [6, 6.07) is 12.6. The maximum Gasteiger partial charge on any atom is 0.348 e. The molecule has 2 aromatic carbocycles. The highest BCUT2D eigenvalue weighted by atomic mass is 35.5. The highest BCUT2D eigenvalue weighted by Gasteiger charge is 2.12. The molecule has 0 bridgehead atoms. The van der Waals surface area contributed by atoms with Crippen LogP contribution in [0.15, 0.2) is 47.3 Å². The molecule has 0 aliphatic heterocycles. The van der Waals surface area contributed by atoms with Gasteiger partial charge in [-0.2, -0.15) is 4.52 Å². The SMILES string of the molecule is COc1ccc(-c2nc3c4cc(Cl)ccc4[nH]c(=O)n3n2)cc1. The van der Waals surface area contributed by atoms with E-state index in [0.717, 1.165) is 16.7 Å². The Kier molecular flexibility index (Phi) is 3.06. The van der Waals surface area contributed by atoms with E-state index >= 15 is 0 Å². The summed E-state index contributed by atoms with van der Waals surface area (Å²) in [4.78, 5) is 19.4. The molecule has 23 heavy (non-hydrogen) atoms. The number of hydrogen-bond acceptors (Lipinski definition) is 4. The second-order valence-electron chi connectivity index (χ2n) is 5.02. The molecule has 0 unspecified atom stereocenters. The molecular formula is C16H11ClN4O2. The third kappa shape index (κ3) is 2.24. The summed E-state index contributed by atoms with van der Waals surface area (Å²) in [6.45, 7) is 0. The number of aromatic amines is 1. The fourth-order valence-electron chi connectivity index (χ4n) is 2.47. The highest BCUT2D eigenvalue weighted by molar-refractivity contribution is 6.31.